The number of amides is 1. The molecule has 2 aliphatic heterocycles. The summed E-state index contributed by atoms with van der Waals surface area (Å²) in [5.74, 6) is -1.75. The van der Waals surface area contributed by atoms with Crippen LogP contribution in [0.1, 0.15) is 22.3 Å². The van der Waals surface area contributed by atoms with Crippen LogP contribution in [0, 0.1) is 23.0 Å². The fourth-order valence-corrected chi connectivity index (χ4v) is 3.91. The molecule has 3 aromatic rings. The zero-order valence-electron chi connectivity index (χ0n) is 18.3. The van der Waals surface area contributed by atoms with Crippen LogP contribution in [-0.2, 0) is 4.79 Å². The largest absolute Gasteiger partial charge is 0.360 e. The van der Waals surface area contributed by atoms with Crippen molar-refractivity contribution >= 4 is 22.9 Å². The molecule has 0 radical (unpaired) electrons. The van der Waals surface area contributed by atoms with E-state index in [9.17, 15) is 13.6 Å². The second kappa shape index (κ2) is 9.20. The smallest absolute Gasteiger partial charge is 0.271 e. The number of halogens is 2. The third-order valence-electron chi connectivity index (χ3n) is 5.67. The highest BCUT2D eigenvalue weighted by atomic mass is 19.1. The molecular weight excluding hydrogens is 446 g/mol. The average Bonchev–Trinajstić information content (AvgIpc) is 2.86. The van der Waals surface area contributed by atoms with Crippen molar-refractivity contribution < 1.29 is 13.6 Å². The molecule has 5 rings (SSSR count). The molecule has 2 aliphatic rings. The van der Waals surface area contributed by atoms with Crippen LogP contribution >= 0.6 is 0 Å². The van der Waals surface area contributed by atoms with Crippen molar-refractivity contribution in [3.63, 3.8) is 0 Å². The molecule has 0 aliphatic carbocycles. The molecule has 7 heteroatoms. The Bertz CT molecular complexity index is 1470. The van der Waals surface area contributed by atoms with E-state index in [1.54, 1.807) is 42.5 Å². The first kappa shape index (κ1) is 22.0. The topological polar surface area (TPSA) is 68.5 Å². The second-order valence-corrected chi connectivity index (χ2v) is 7.95. The lowest BCUT2D eigenvalue weighted by Crippen LogP contribution is -2.48. The predicted molar refractivity (Wildman–Crippen MR) is 129 cm³/mol. The van der Waals surface area contributed by atoms with Gasteiger partial charge < -0.3 is 5.32 Å². The molecule has 35 heavy (non-hydrogen) atoms. The molecule has 0 bridgehead atoms. The van der Waals surface area contributed by atoms with Crippen LogP contribution in [0.5, 0.6) is 0 Å². The first-order chi connectivity index (χ1) is 17.0. The maximum atomic E-state index is 14.7. The van der Waals surface area contributed by atoms with E-state index >= 15 is 0 Å². The lowest BCUT2D eigenvalue weighted by Gasteiger charge is -2.33. The lowest BCUT2D eigenvalue weighted by atomic mass is 10.00. The van der Waals surface area contributed by atoms with Crippen LogP contribution < -0.4 is 5.32 Å². The van der Waals surface area contributed by atoms with Crippen LogP contribution in [0.2, 0.25) is 0 Å². The number of rotatable bonds is 3. The highest BCUT2D eigenvalue weighted by Gasteiger charge is 2.29. The minimum absolute atomic E-state index is 0.195. The van der Waals surface area contributed by atoms with Gasteiger partial charge in [-0.25, -0.2) is 13.8 Å². The standard InChI is InChI=1S/C28H18F2N4O/c29-22-11-12-23(24(30)15-22)21-10-13-25(19-4-2-1-3-5-19)33-34-27(14-21)32-26(16-28(34)35)20-8-6-18(17-31)7-9-20/h1-16,27,32H. The molecule has 0 fully saturated rings. The maximum Gasteiger partial charge on any atom is 0.271 e. The van der Waals surface area contributed by atoms with Gasteiger partial charge in [-0.3, -0.25) is 4.79 Å². The van der Waals surface area contributed by atoms with E-state index in [1.165, 1.54) is 23.2 Å². The molecule has 3 aromatic carbocycles. The second-order valence-electron chi connectivity index (χ2n) is 7.95. The fourth-order valence-electron chi connectivity index (χ4n) is 3.91. The first-order valence-corrected chi connectivity index (χ1v) is 10.8. The van der Waals surface area contributed by atoms with E-state index in [-0.39, 0.29) is 11.5 Å². The Morgan fingerprint density at radius 1 is 0.943 bits per heavy atom. The molecule has 1 atom stereocenters. The first-order valence-electron chi connectivity index (χ1n) is 10.8. The van der Waals surface area contributed by atoms with Crippen LogP contribution in [0.25, 0.3) is 11.3 Å². The molecule has 0 spiro atoms. The minimum Gasteiger partial charge on any atom is -0.360 e. The van der Waals surface area contributed by atoms with Gasteiger partial charge in [0.1, 0.15) is 17.8 Å². The van der Waals surface area contributed by atoms with Crippen molar-refractivity contribution in [2.75, 3.05) is 0 Å². The van der Waals surface area contributed by atoms with E-state index in [0.29, 0.717) is 28.1 Å². The molecule has 0 aromatic heterocycles. The van der Waals surface area contributed by atoms with Gasteiger partial charge in [0.2, 0.25) is 0 Å². The minimum atomic E-state index is -0.749. The Labute approximate surface area is 200 Å². The Hall–Kier alpha value is -4.83. The SMILES string of the molecule is N#Cc1ccc(C2=CC(=O)N3N=C(c4ccccc4)C=CC(c4ccc(F)cc4F)=CC3N2)cc1. The van der Waals surface area contributed by atoms with E-state index in [4.69, 9.17) is 5.26 Å². The van der Waals surface area contributed by atoms with Crippen molar-refractivity contribution in [1.82, 2.24) is 10.3 Å². The summed E-state index contributed by atoms with van der Waals surface area (Å²) in [6.45, 7) is 0. The van der Waals surface area contributed by atoms with Gasteiger partial charge in [0, 0.05) is 29.0 Å². The van der Waals surface area contributed by atoms with E-state index < -0.39 is 17.8 Å². The number of fused-ring (bicyclic) bond motifs is 1. The van der Waals surface area contributed by atoms with Gasteiger partial charge in [0.25, 0.3) is 5.91 Å². The fraction of sp³-hybridized carbons (Fsp3) is 0.0357. The van der Waals surface area contributed by atoms with Crippen LogP contribution in [0.15, 0.2) is 102 Å². The zero-order valence-corrected chi connectivity index (χ0v) is 18.3. The monoisotopic (exact) mass is 464 g/mol. The Morgan fingerprint density at radius 3 is 2.43 bits per heavy atom. The number of nitrogens with one attached hydrogen (secondary N) is 1. The number of allylic oxidation sites excluding steroid dienone is 3. The van der Waals surface area contributed by atoms with Gasteiger partial charge in [-0.1, -0.05) is 48.5 Å². The number of carbonyl (C=O) groups is 1. The van der Waals surface area contributed by atoms with E-state index in [1.807, 2.05) is 30.3 Å². The van der Waals surface area contributed by atoms with E-state index in [2.05, 4.69) is 16.5 Å². The molecular formula is C28H18F2N4O. The number of nitriles is 1. The quantitative estimate of drug-likeness (QED) is 0.594. The molecule has 0 saturated carbocycles. The molecule has 1 N–H and O–H groups in total. The molecule has 2 heterocycles. The summed E-state index contributed by atoms with van der Waals surface area (Å²) in [7, 11) is 0. The number of benzene rings is 3. The highest BCUT2D eigenvalue weighted by Crippen LogP contribution is 2.27. The summed E-state index contributed by atoms with van der Waals surface area (Å²) in [6, 6.07) is 21.6. The number of nitrogens with zero attached hydrogens (tertiary/aromatic N) is 3. The normalized spacial score (nSPS) is 17.2. The Kier molecular flexibility index (Phi) is 5.78. The van der Waals surface area contributed by atoms with Crippen molar-refractivity contribution in [2.45, 2.75) is 6.17 Å². The van der Waals surface area contributed by atoms with Gasteiger partial charge in [-0.2, -0.15) is 10.4 Å². The Balaban J connectivity index is 1.62. The molecule has 170 valence electrons. The van der Waals surface area contributed by atoms with Crippen molar-refractivity contribution in [3.05, 3.63) is 131 Å². The molecule has 0 saturated heterocycles. The zero-order chi connectivity index (χ0) is 24.4. The number of hydrazone groups is 1. The van der Waals surface area contributed by atoms with Gasteiger partial charge in [0.15, 0.2) is 0 Å². The molecule has 1 unspecified atom stereocenters. The summed E-state index contributed by atoms with van der Waals surface area (Å²) < 4.78 is 28.3. The summed E-state index contributed by atoms with van der Waals surface area (Å²) >= 11 is 0. The Morgan fingerprint density at radius 2 is 1.71 bits per heavy atom. The van der Waals surface area contributed by atoms with Crippen LogP contribution in [0.4, 0.5) is 8.78 Å². The third kappa shape index (κ3) is 4.50. The summed E-state index contributed by atoms with van der Waals surface area (Å²) in [5, 5.41) is 18.2. The van der Waals surface area contributed by atoms with Crippen LogP contribution in [-0.4, -0.2) is 22.8 Å². The van der Waals surface area contributed by atoms with Gasteiger partial charge >= 0.3 is 0 Å². The maximum absolute atomic E-state index is 14.7. The number of hydrogen-bond acceptors (Lipinski definition) is 4. The summed E-state index contributed by atoms with van der Waals surface area (Å²) in [4.78, 5) is 13.2. The highest BCUT2D eigenvalue weighted by molar-refractivity contribution is 6.11. The molecule has 1 amide bonds. The van der Waals surface area contributed by atoms with Gasteiger partial charge in [-0.05, 0) is 47.6 Å². The lowest BCUT2D eigenvalue weighted by molar-refractivity contribution is -0.128. The number of hydrogen-bond donors (Lipinski definition) is 1. The average molecular weight is 464 g/mol. The van der Waals surface area contributed by atoms with E-state index in [0.717, 1.165) is 11.6 Å². The molecule has 5 nitrogen and oxygen atoms in total. The third-order valence-corrected chi connectivity index (χ3v) is 5.67. The summed E-state index contributed by atoms with van der Waals surface area (Å²) in [5.41, 5.74) is 3.69. The number of carbonyl (C=O) groups excluding carboxylic acids is 1. The van der Waals surface area contributed by atoms with Crippen LogP contribution in [0.3, 0.4) is 0 Å². The van der Waals surface area contributed by atoms with Gasteiger partial charge in [-0.15, -0.1) is 0 Å². The van der Waals surface area contributed by atoms with Crippen molar-refractivity contribution in [1.29, 1.82) is 5.26 Å². The van der Waals surface area contributed by atoms with Crippen molar-refractivity contribution in [2.24, 2.45) is 5.10 Å². The van der Waals surface area contributed by atoms with Gasteiger partial charge in [0.05, 0.1) is 17.3 Å². The summed E-state index contributed by atoms with van der Waals surface area (Å²) in [6.07, 6.45) is 5.76. The predicted octanol–water partition coefficient (Wildman–Crippen LogP) is 4.99. The van der Waals surface area contributed by atoms with Crippen molar-refractivity contribution in [3.8, 4) is 6.07 Å².